The van der Waals surface area contributed by atoms with Crippen molar-refractivity contribution in [2.75, 3.05) is 6.61 Å². The summed E-state index contributed by atoms with van der Waals surface area (Å²) in [7, 11) is 0. The molecule has 7 heteroatoms. The Morgan fingerprint density at radius 1 is 1.15 bits per heavy atom. The van der Waals surface area contributed by atoms with Crippen molar-refractivity contribution in [3.05, 3.63) is 65.2 Å². The maximum absolute atomic E-state index is 12.6. The first-order valence-electron chi connectivity index (χ1n) is 8.62. The van der Waals surface area contributed by atoms with Crippen molar-refractivity contribution in [2.24, 2.45) is 0 Å². The number of ether oxygens (including phenoxy) is 1. The molecule has 0 saturated carbocycles. The van der Waals surface area contributed by atoms with Crippen LogP contribution in [0.4, 0.5) is 8.78 Å². The van der Waals surface area contributed by atoms with Gasteiger partial charge in [-0.2, -0.15) is 8.78 Å². The number of rotatable bonds is 6. The Bertz CT molecular complexity index is 828. The zero-order valence-electron chi connectivity index (χ0n) is 14.5. The van der Waals surface area contributed by atoms with Gasteiger partial charge in [-0.15, -0.1) is 0 Å². The Kier molecular flexibility index (Phi) is 6.45. The molecule has 0 aromatic heterocycles. The second-order valence-electron chi connectivity index (χ2n) is 6.16. The molecule has 3 rings (SSSR count). The summed E-state index contributed by atoms with van der Waals surface area (Å²) in [5.41, 5.74) is 2.32. The Hall–Kier alpha value is -2.41. The molecule has 0 unspecified atom stereocenters. The lowest BCUT2D eigenvalue weighted by Crippen LogP contribution is -2.34. The molecule has 142 valence electrons. The summed E-state index contributed by atoms with van der Waals surface area (Å²) >= 11 is 0.274. The Morgan fingerprint density at radius 2 is 1.89 bits per heavy atom. The zero-order chi connectivity index (χ0) is 19.2. The van der Waals surface area contributed by atoms with Crippen LogP contribution >= 0.6 is 11.8 Å². The average Bonchev–Trinajstić information content (AvgIpc) is 2.66. The largest absolute Gasteiger partial charge is 0.452 e. The summed E-state index contributed by atoms with van der Waals surface area (Å²) in [4.78, 5) is 24.5. The average molecular weight is 391 g/mol. The van der Waals surface area contributed by atoms with Gasteiger partial charge in [-0.1, -0.05) is 48.2 Å². The van der Waals surface area contributed by atoms with Crippen molar-refractivity contribution < 1.29 is 23.1 Å². The van der Waals surface area contributed by atoms with Gasteiger partial charge in [0.1, 0.15) is 0 Å². The fraction of sp³-hybridized carbons (Fsp3) is 0.300. The van der Waals surface area contributed by atoms with Crippen molar-refractivity contribution in [1.82, 2.24) is 5.32 Å². The van der Waals surface area contributed by atoms with Crippen molar-refractivity contribution in [2.45, 2.75) is 36.0 Å². The first-order chi connectivity index (χ1) is 13.0. The van der Waals surface area contributed by atoms with Crippen molar-refractivity contribution >= 4 is 23.6 Å². The number of thioether (sulfide) groups is 1. The molecule has 0 saturated heterocycles. The molecule has 0 spiro atoms. The number of carbonyl (C=O) groups excluding carboxylic acids is 2. The highest BCUT2D eigenvalue weighted by molar-refractivity contribution is 7.99. The molecule has 2 aromatic carbocycles. The van der Waals surface area contributed by atoms with E-state index in [1.165, 1.54) is 17.7 Å². The summed E-state index contributed by atoms with van der Waals surface area (Å²) < 4.78 is 30.2. The van der Waals surface area contributed by atoms with Crippen LogP contribution in [0.2, 0.25) is 0 Å². The third-order valence-electron chi connectivity index (χ3n) is 4.36. The van der Waals surface area contributed by atoms with Gasteiger partial charge in [0.05, 0.1) is 11.6 Å². The van der Waals surface area contributed by atoms with Crippen LogP contribution in [0, 0.1) is 0 Å². The monoisotopic (exact) mass is 391 g/mol. The number of hydrogen-bond acceptors (Lipinski definition) is 4. The number of hydrogen-bond donors (Lipinski definition) is 1. The predicted octanol–water partition coefficient (Wildman–Crippen LogP) is 4.35. The maximum Gasteiger partial charge on any atom is 0.339 e. The van der Waals surface area contributed by atoms with Gasteiger partial charge in [-0.3, -0.25) is 4.79 Å². The SMILES string of the molecule is O=C(COC(=O)c1ccccc1SC(F)F)N[C@H]1CCCc2ccccc21. The molecule has 2 aromatic rings. The number of halogens is 2. The molecular weight excluding hydrogens is 372 g/mol. The van der Waals surface area contributed by atoms with Gasteiger partial charge >= 0.3 is 5.97 Å². The highest BCUT2D eigenvalue weighted by Crippen LogP contribution is 2.30. The van der Waals surface area contributed by atoms with Crippen LogP contribution in [-0.2, 0) is 16.0 Å². The van der Waals surface area contributed by atoms with Gasteiger partial charge in [0.2, 0.25) is 0 Å². The number of alkyl halides is 2. The van der Waals surface area contributed by atoms with E-state index in [1.54, 1.807) is 12.1 Å². The first-order valence-corrected chi connectivity index (χ1v) is 9.50. The Labute approximate surface area is 160 Å². The molecule has 0 radical (unpaired) electrons. The normalized spacial score (nSPS) is 15.9. The van der Waals surface area contributed by atoms with Crippen LogP contribution in [0.1, 0.15) is 40.4 Å². The number of benzene rings is 2. The smallest absolute Gasteiger partial charge is 0.339 e. The fourth-order valence-corrected chi connectivity index (χ4v) is 3.81. The van der Waals surface area contributed by atoms with Gasteiger partial charge in [-0.05, 0) is 42.5 Å². The number of aryl methyl sites for hydroxylation is 1. The van der Waals surface area contributed by atoms with Crippen molar-refractivity contribution in [1.29, 1.82) is 0 Å². The summed E-state index contributed by atoms with van der Waals surface area (Å²) in [5, 5.41) is 2.89. The molecule has 0 bridgehead atoms. The third-order valence-corrected chi connectivity index (χ3v) is 5.15. The Morgan fingerprint density at radius 3 is 2.70 bits per heavy atom. The van der Waals surface area contributed by atoms with E-state index in [0.29, 0.717) is 0 Å². The summed E-state index contributed by atoms with van der Waals surface area (Å²) in [6, 6.07) is 13.8. The van der Waals surface area contributed by atoms with Gasteiger partial charge in [0, 0.05) is 4.90 Å². The number of esters is 1. The van der Waals surface area contributed by atoms with Gasteiger partial charge < -0.3 is 10.1 Å². The standard InChI is InChI=1S/C20H19F2NO3S/c21-20(22)27-17-11-4-3-9-15(17)19(25)26-12-18(24)23-16-10-5-7-13-6-1-2-8-14(13)16/h1-4,6,8-9,11,16,20H,5,7,10,12H2,(H,23,24)/t16-/m0/s1. The highest BCUT2D eigenvalue weighted by Gasteiger charge is 2.22. The minimum Gasteiger partial charge on any atom is -0.452 e. The van der Waals surface area contributed by atoms with E-state index in [-0.39, 0.29) is 28.3 Å². The van der Waals surface area contributed by atoms with E-state index in [4.69, 9.17) is 4.74 Å². The lowest BCUT2D eigenvalue weighted by molar-refractivity contribution is -0.125. The van der Waals surface area contributed by atoms with Gasteiger partial charge in [-0.25, -0.2) is 4.79 Å². The van der Waals surface area contributed by atoms with E-state index in [0.717, 1.165) is 24.8 Å². The van der Waals surface area contributed by atoms with Crippen LogP contribution in [0.3, 0.4) is 0 Å². The molecule has 0 aliphatic heterocycles. The molecule has 1 aliphatic carbocycles. The summed E-state index contributed by atoms with van der Waals surface area (Å²) in [5.74, 6) is -3.85. The van der Waals surface area contributed by atoms with E-state index >= 15 is 0 Å². The van der Waals surface area contributed by atoms with Gasteiger partial charge in [0.25, 0.3) is 11.7 Å². The molecule has 0 fully saturated rings. The zero-order valence-corrected chi connectivity index (χ0v) is 15.3. The van der Waals surface area contributed by atoms with Gasteiger partial charge in [0.15, 0.2) is 6.61 Å². The van der Waals surface area contributed by atoms with E-state index < -0.39 is 24.2 Å². The lowest BCUT2D eigenvalue weighted by atomic mass is 9.88. The first kappa shape index (κ1) is 19.4. The maximum atomic E-state index is 12.6. The Balaban J connectivity index is 1.58. The number of carbonyl (C=O) groups is 2. The molecule has 1 amide bonds. The summed E-state index contributed by atoms with van der Waals surface area (Å²) in [6.07, 6.45) is 2.78. The molecule has 0 heterocycles. The number of amides is 1. The summed E-state index contributed by atoms with van der Waals surface area (Å²) in [6.45, 7) is -0.453. The molecule has 1 aliphatic rings. The van der Waals surface area contributed by atoms with Crippen LogP contribution in [0.15, 0.2) is 53.4 Å². The minimum atomic E-state index is -2.64. The van der Waals surface area contributed by atoms with Crippen molar-refractivity contribution in [3.63, 3.8) is 0 Å². The van der Waals surface area contributed by atoms with Crippen molar-refractivity contribution in [3.8, 4) is 0 Å². The fourth-order valence-electron chi connectivity index (χ4n) is 3.18. The molecule has 27 heavy (non-hydrogen) atoms. The third kappa shape index (κ3) is 5.07. The molecular formula is C20H19F2NO3S. The van der Waals surface area contributed by atoms with E-state index in [1.807, 2.05) is 24.3 Å². The quantitative estimate of drug-likeness (QED) is 0.588. The predicted molar refractivity (Wildman–Crippen MR) is 98.8 cm³/mol. The van der Waals surface area contributed by atoms with Crippen LogP contribution in [0.25, 0.3) is 0 Å². The van der Waals surface area contributed by atoms with Crippen LogP contribution < -0.4 is 5.32 Å². The lowest BCUT2D eigenvalue weighted by Gasteiger charge is -2.26. The van der Waals surface area contributed by atoms with E-state index in [9.17, 15) is 18.4 Å². The highest BCUT2D eigenvalue weighted by atomic mass is 32.2. The molecule has 4 nitrogen and oxygen atoms in total. The topological polar surface area (TPSA) is 55.4 Å². The second kappa shape index (κ2) is 8.99. The minimum absolute atomic E-state index is 0.0265. The van der Waals surface area contributed by atoms with E-state index in [2.05, 4.69) is 5.32 Å². The molecule has 1 atom stereocenters. The number of fused-ring (bicyclic) bond motifs is 1. The second-order valence-corrected chi connectivity index (χ2v) is 7.19. The van der Waals surface area contributed by atoms with Crippen LogP contribution in [0.5, 0.6) is 0 Å². The number of nitrogens with one attached hydrogen (secondary N) is 1. The van der Waals surface area contributed by atoms with Crippen LogP contribution in [-0.4, -0.2) is 24.2 Å². The molecule has 1 N–H and O–H groups in total.